The molecule has 1 unspecified atom stereocenters. The summed E-state index contributed by atoms with van der Waals surface area (Å²) in [6.45, 7) is 4.26. The van der Waals surface area contributed by atoms with E-state index in [0.717, 1.165) is 17.3 Å². The van der Waals surface area contributed by atoms with Crippen molar-refractivity contribution in [2.24, 2.45) is 15.9 Å². The molecule has 2 N–H and O–H groups in total. The Bertz CT molecular complexity index is 942. The molecule has 0 bridgehead atoms. The number of carbonyl (C=O) groups is 2. The average Bonchev–Trinajstić information content (AvgIpc) is 3.00. The van der Waals surface area contributed by atoms with Crippen LogP contribution in [0.1, 0.15) is 25.8 Å². The lowest BCUT2D eigenvalue weighted by atomic mass is 10.1. The molecule has 150 valence electrons. The van der Waals surface area contributed by atoms with Crippen LogP contribution >= 0.6 is 11.8 Å². The van der Waals surface area contributed by atoms with Crippen LogP contribution in [0.5, 0.6) is 5.75 Å². The zero-order valence-electron chi connectivity index (χ0n) is 16.2. The lowest BCUT2D eigenvalue weighted by Gasteiger charge is -2.15. The normalized spacial score (nSPS) is 17.7. The molecule has 0 aromatic heterocycles. The second-order valence-corrected chi connectivity index (χ2v) is 7.52. The molecule has 1 fully saturated rings. The Morgan fingerprint density at radius 1 is 1.14 bits per heavy atom. The highest BCUT2D eigenvalue weighted by Crippen LogP contribution is 2.30. The summed E-state index contributed by atoms with van der Waals surface area (Å²) in [4.78, 5) is 26.3. The van der Waals surface area contributed by atoms with E-state index < -0.39 is 5.25 Å². The van der Waals surface area contributed by atoms with E-state index in [1.807, 2.05) is 44.2 Å². The van der Waals surface area contributed by atoms with Crippen LogP contribution in [0.15, 0.2) is 64.8 Å². The maximum absolute atomic E-state index is 12.7. The summed E-state index contributed by atoms with van der Waals surface area (Å²) in [5.41, 5.74) is 8.09. The second kappa shape index (κ2) is 9.38. The first-order valence-electron chi connectivity index (χ1n) is 9.19. The fourth-order valence-electron chi connectivity index (χ4n) is 2.86. The number of carbonyl (C=O) groups excluding carboxylic acids is 2. The predicted octanol–water partition coefficient (Wildman–Crippen LogP) is 3.19. The number of benzene rings is 2. The van der Waals surface area contributed by atoms with Crippen molar-refractivity contribution in [3.05, 3.63) is 60.2 Å². The van der Waals surface area contributed by atoms with E-state index in [-0.39, 0.29) is 23.4 Å². The first-order valence-corrected chi connectivity index (χ1v) is 10.1. The van der Waals surface area contributed by atoms with Crippen molar-refractivity contribution < 1.29 is 14.3 Å². The van der Waals surface area contributed by atoms with Crippen molar-refractivity contribution >= 4 is 40.1 Å². The molecule has 3 rings (SSSR count). The lowest BCUT2D eigenvalue weighted by Crippen LogP contribution is -2.31. The summed E-state index contributed by atoms with van der Waals surface area (Å²) in [5, 5.41) is 7.64. The number of imide groups is 1. The van der Waals surface area contributed by atoms with E-state index in [0.29, 0.717) is 23.8 Å². The number of amidine groups is 1. The summed E-state index contributed by atoms with van der Waals surface area (Å²) < 4.78 is 5.39. The summed E-state index contributed by atoms with van der Waals surface area (Å²) in [6.07, 6.45) is 0.0638. The van der Waals surface area contributed by atoms with Gasteiger partial charge in [-0.05, 0) is 43.7 Å². The van der Waals surface area contributed by atoms with Gasteiger partial charge in [-0.3, -0.25) is 9.59 Å². The van der Waals surface area contributed by atoms with Gasteiger partial charge in [-0.2, -0.15) is 5.10 Å². The molecule has 1 saturated heterocycles. The first kappa shape index (κ1) is 20.6. The molecule has 2 aromatic carbocycles. The molecule has 7 nitrogen and oxygen atoms in total. The number of nitrogens with two attached hydrogens (primary N) is 1. The maximum Gasteiger partial charge on any atom is 0.247 e. The van der Waals surface area contributed by atoms with Gasteiger partial charge in [0.2, 0.25) is 11.8 Å². The Hall–Kier alpha value is -3.13. The number of thioether (sulfide) groups is 1. The zero-order valence-corrected chi connectivity index (χ0v) is 17.1. The van der Waals surface area contributed by atoms with Crippen LogP contribution in [0.4, 0.5) is 5.69 Å². The topological polar surface area (TPSA) is 97.3 Å². The molecule has 29 heavy (non-hydrogen) atoms. The summed E-state index contributed by atoms with van der Waals surface area (Å²) in [5.74, 6) is 0.101. The van der Waals surface area contributed by atoms with Crippen LogP contribution in [-0.2, 0) is 9.59 Å². The number of anilines is 1. The van der Waals surface area contributed by atoms with Gasteiger partial charge in [0, 0.05) is 6.42 Å². The van der Waals surface area contributed by atoms with Gasteiger partial charge in [0.05, 0.1) is 18.0 Å². The van der Waals surface area contributed by atoms with Crippen molar-refractivity contribution in [1.82, 2.24) is 0 Å². The van der Waals surface area contributed by atoms with E-state index in [9.17, 15) is 9.59 Å². The molecule has 0 saturated carbocycles. The van der Waals surface area contributed by atoms with Gasteiger partial charge in [0.15, 0.2) is 5.17 Å². The molecule has 2 aromatic rings. The number of hydrogen-bond donors (Lipinski definition) is 1. The smallest absolute Gasteiger partial charge is 0.247 e. The molecule has 1 heterocycles. The molecular formula is C21H22N4O3S. The molecule has 0 spiro atoms. The Labute approximate surface area is 173 Å². The third-order valence-corrected chi connectivity index (χ3v) is 5.24. The van der Waals surface area contributed by atoms with Gasteiger partial charge in [-0.25, -0.2) is 4.90 Å². The van der Waals surface area contributed by atoms with Crippen LogP contribution in [0.3, 0.4) is 0 Å². The zero-order chi connectivity index (χ0) is 20.8. The molecule has 1 aliphatic rings. The van der Waals surface area contributed by atoms with Gasteiger partial charge in [-0.1, -0.05) is 42.1 Å². The minimum Gasteiger partial charge on any atom is -0.494 e. The van der Waals surface area contributed by atoms with Crippen molar-refractivity contribution in [2.75, 3.05) is 11.5 Å². The Morgan fingerprint density at radius 3 is 2.48 bits per heavy atom. The fraction of sp³-hybridized carbons (Fsp3) is 0.238. The first-order chi connectivity index (χ1) is 14.0. The molecule has 1 atom stereocenters. The standard InChI is InChI=1S/C21H22N4O3S/c1-3-28-17-11-9-16(10-12-17)25-19(26)13-18(20(25)27)29-21(22)24-23-14(2)15-7-5-4-6-8-15/h4-12,18H,3,13H2,1-2H3,(H2,22,24)/b23-14-. The number of amides is 2. The van der Waals surface area contributed by atoms with E-state index in [1.54, 1.807) is 24.3 Å². The summed E-state index contributed by atoms with van der Waals surface area (Å²) in [6, 6.07) is 16.4. The molecule has 0 aliphatic carbocycles. The highest BCUT2D eigenvalue weighted by atomic mass is 32.2. The number of hydrogen-bond acceptors (Lipinski definition) is 6. The Morgan fingerprint density at radius 2 is 1.83 bits per heavy atom. The summed E-state index contributed by atoms with van der Waals surface area (Å²) >= 11 is 1.05. The molecule has 2 amide bonds. The number of nitrogens with zero attached hydrogens (tertiary/aromatic N) is 3. The lowest BCUT2D eigenvalue weighted by molar-refractivity contribution is -0.121. The van der Waals surface area contributed by atoms with Gasteiger partial charge in [0.25, 0.3) is 0 Å². The van der Waals surface area contributed by atoms with Crippen LogP contribution in [0.2, 0.25) is 0 Å². The predicted molar refractivity (Wildman–Crippen MR) is 116 cm³/mol. The van der Waals surface area contributed by atoms with Crippen LogP contribution in [-0.4, -0.2) is 34.6 Å². The third kappa shape index (κ3) is 5.03. The Balaban J connectivity index is 1.67. The number of rotatable bonds is 6. The van der Waals surface area contributed by atoms with E-state index in [2.05, 4.69) is 10.2 Å². The quantitative estimate of drug-likeness (QED) is 0.341. The number of ether oxygens (including phenoxy) is 1. The molecule has 1 aliphatic heterocycles. The molecule has 8 heteroatoms. The largest absolute Gasteiger partial charge is 0.494 e. The van der Waals surface area contributed by atoms with Crippen molar-refractivity contribution in [1.29, 1.82) is 0 Å². The Kier molecular flexibility index (Phi) is 6.66. The van der Waals surface area contributed by atoms with E-state index in [4.69, 9.17) is 10.5 Å². The average molecular weight is 410 g/mol. The molecule has 0 radical (unpaired) electrons. The van der Waals surface area contributed by atoms with Gasteiger partial charge in [0.1, 0.15) is 11.0 Å². The highest BCUT2D eigenvalue weighted by molar-refractivity contribution is 8.14. The maximum atomic E-state index is 12.7. The third-order valence-electron chi connectivity index (χ3n) is 4.26. The monoisotopic (exact) mass is 410 g/mol. The van der Waals surface area contributed by atoms with Crippen LogP contribution < -0.4 is 15.4 Å². The van der Waals surface area contributed by atoms with Crippen molar-refractivity contribution in [2.45, 2.75) is 25.5 Å². The fourth-order valence-corrected chi connectivity index (χ4v) is 3.67. The molecular weight excluding hydrogens is 388 g/mol. The van der Waals surface area contributed by atoms with Crippen molar-refractivity contribution in [3.8, 4) is 5.75 Å². The highest BCUT2D eigenvalue weighted by Gasteiger charge is 2.40. The van der Waals surface area contributed by atoms with Crippen LogP contribution in [0, 0.1) is 0 Å². The van der Waals surface area contributed by atoms with Gasteiger partial charge in [-0.15, -0.1) is 5.10 Å². The van der Waals surface area contributed by atoms with Crippen LogP contribution in [0.25, 0.3) is 0 Å². The SMILES string of the molecule is CCOc1ccc(N2C(=O)CC(S/C(N)=N/N=C(/C)c3ccccc3)C2=O)cc1. The second-order valence-electron chi connectivity index (χ2n) is 6.29. The van der Waals surface area contributed by atoms with E-state index in [1.165, 1.54) is 4.90 Å². The van der Waals surface area contributed by atoms with E-state index >= 15 is 0 Å². The van der Waals surface area contributed by atoms with Gasteiger partial charge >= 0.3 is 0 Å². The minimum atomic E-state index is -0.620. The minimum absolute atomic E-state index is 0.0638. The van der Waals surface area contributed by atoms with Crippen molar-refractivity contribution in [3.63, 3.8) is 0 Å². The van der Waals surface area contributed by atoms with Gasteiger partial charge < -0.3 is 10.5 Å². The summed E-state index contributed by atoms with van der Waals surface area (Å²) in [7, 11) is 0.